The first-order valence-electron chi connectivity index (χ1n) is 11.0. The topological polar surface area (TPSA) is 59.8 Å². The molecule has 0 N–H and O–H groups in total. The standard InChI is InChI=1S/C23H30N4O2/c1-3-29-19-6-4-18(5-7-19)27-15-17-12-23(13-20(23)27)21(17)25(2)22(28)26-10-8-16(14-24)9-11-26/h4-7,16-17,20-21H,3,8-13,15H2,1-2H3/t17?,20-,21?,23?/m1/s1. The number of fused-ring (bicyclic) bond motifs is 1. The summed E-state index contributed by atoms with van der Waals surface area (Å²) in [5.74, 6) is 1.58. The van der Waals surface area contributed by atoms with Crippen LogP contribution in [0.3, 0.4) is 0 Å². The predicted octanol–water partition coefficient (Wildman–Crippen LogP) is 3.34. The van der Waals surface area contributed by atoms with Crippen molar-refractivity contribution in [2.75, 3.05) is 38.2 Å². The Balaban J connectivity index is 1.24. The molecule has 0 aromatic heterocycles. The van der Waals surface area contributed by atoms with Crippen LogP contribution in [0.2, 0.25) is 0 Å². The highest BCUT2D eigenvalue weighted by Gasteiger charge is 2.75. The number of carbonyl (C=O) groups is 1. The van der Waals surface area contributed by atoms with Crippen LogP contribution in [0.1, 0.15) is 32.6 Å². The first-order valence-corrected chi connectivity index (χ1v) is 11.0. The molecule has 1 aromatic rings. The van der Waals surface area contributed by atoms with Gasteiger partial charge in [-0.2, -0.15) is 5.26 Å². The van der Waals surface area contributed by atoms with Crippen LogP contribution in [-0.2, 0) is 0 Å². The van der Waals surface area contributed by atoms with Gasteiger partial charge in [-0.1, -0.05) is 0 Å². The number of piperidine rings is 3. The average Bonchev–Trinajstić information content (AvgIpc) is 3.52. The van der Waals surface area contributed by atoms with Gasteiger partial charge in [0.15, 0.2) is 0 Å². The largest absolute Gasteiger partial charge is 0.494 e. The first kappa shape index (κ1) is 18.6. The van der Waals surface area contributed by atoms with Crippen molar-refractivity contribution < 1.29 is 9.53 Å². The summed E-state index contributed by atoms with van der Waals surface area (Å²) in [5, 5.41) is 9.09. The lowest BCUT2D eigenvalue weighted by molar-refractivity contribution is -0.0109. The Hall–Kier alpha value is -2.42. The number of anilines is 1. The molecule has 6 nitrogen and oxygen atoms in total. The Morgan fingerprint density at radius 1 is 1.28 bits per heavy atom. The van der Waals surface area contributed by atoms with Gasteiger partial charge in [0.1, 0.15) is 5.75 Å². The van der Waals surface area contributed by atoms with Gasteiger partial charge in [-0.3, -0.25) is 0 Å². The second-order valence-corrected chi connectivity index (χ2v) is 9.23. The lowest BCUT2D eigenvalue weighted by Crippen LogP contribution is -2.66. The third kappa shape index (κ3) is 2.86. The van der Waals surface area contributed by atoms with E-state index in [1.165, 1.54) is 18.5 Å². The number of nitriles is 1. The second-order valence-electron chi connectivity index (χ2n) is 9.23. The Bertz CT molecular complexity index is 826. The van der Waals surface area contributed by atoms with Crippen LogP contribution >= 0.6 is 0 Å². The van der Waals surface area contributed by atoms with E-state index < -0.39 is 0 Å². The number of amides is 2. The molecule has 2 amide bonds. The van der Waals surface area contributed by atoms with Crippen molar-refractivity contribution >= 4 is 11.7 Å². The van der Waals surface area contributed by atoms with E-state index in [2.05, 4.69) is 35.2 Å². The fraction of sp³-hybridized carbons (Fsp3) is 0.652. The zero-order chi connectivity index (χ0) is 20.2. The summed E-state index contributed by atoms with van der Waals surface area (Å²) in [5.41, 5.74) is 1.56. The van der Waals surface area contributed by atoms with E-state index in [-0.39, 0.29) is 17.4 Å². The molecule has 4 atom stereocenters. The van der Waals surface area contributed by atoms with Gasteiger partial charge in [0.05, 0.1) is 12.7 Å². The number of carbonyl (C=O) groups excluding carboxylic acids is 1. The smallest absolute Gasteiger partial charge is 0.320 e. The van der Waals surface area contributed by atoms with Crippen molar-refractivity contribution in [3.05, 3.63) is 24.3 Å². The molecule has 29 heavy (non-hydrogen) atoms. The van der Waals surface area contributed by atoms with Crippen molar-refractivity contribution in [3.63, 3.8) is 0 Å². The van der Waals surface area contributed by atoms with Crippen molar-refractivity contribution in [2.45, 2.75) is 44.7 Å². The molecule has 5 aliphatic rings. The van der Waals surface area contributed by atoms with Crippen LogP contribution in [0.15, 0.2) is 24.3 Å². The molecule has 3 heterocycles. The minimum Gasteiger partial charge on any atom is -0.494 e. The number of likely N-dealkylation sites (tertiary alicyclic amines) is 1. The van der Waals surface area contributed by atoms with Gasteiger partial charge in [-0.05, 0) is 62.8 Å². The van der Waals surface area contributed by atoms with E-state index in [1.807, 2.05) is 23.8 Å². The molecule has 2 aliphatic carbocycles. The van der Waals surface area contributed by atoms with Crippen LogP contribution in [0.25, 0.3) is 0 Å². The van der Waals surface area contributed by atoms with Crippen molar-refractivity contribution in [3.8, 4) is 11.8 Å². The highest BCUT2D eigenvalue weighted by molar-refractivity contribution is 5.75. The van der Waals surface area contributed by atoms with Crippen molar-refractivity contribution in [1.82, 2.24) is 9.80 Å². The molecular weight excluding hydrogens is 364 g/mol. The molecule has 1 spiro atoms. The molecule has 6 rings (SSSR count). The summed E-state index contributed by atoms with van der Waals surface area (Å²) in [6.45, 7) is 5.15. The first-order chi connectivity index (χ1) is 14.1. The Kier molecular flexibility index (Phi) is 4.38. The third-order valence-electron chi connectivity index (χ3n) is 7.71. The van der Waals surface area contributed by atoms with Crippen LogP contribution < -0.4 is 9.64 Å². The number of nitrogens with zero attached hydrogens (tertiary/aromatic N) is 4. The van der Waals surface area contributed by atoms with Crippen LogP contribution in [0.4, 0.5) is 10.5 Å². The van der Waals surface area contributed by atoms with Crippen molar-refractivity contribution in [2.24, 2.45) is 17.3 Å². The maximum absolute atomic E-state index is 13.1. The minimum atomic E-state index is 0.113. The third-order valence-corrected chi connectivity index (χ3v) is 7.71. The summed E-state index contributed by atoms with van der Waals surface area (Å²) in [6, 6.07) is 11.9. The van der Waals surface area contributed by atoms with E-state index in [0.29, 0.717) is 37.7 Å². The molecule has 2 saturated carbocycles. The number of hydrogen-bond acceptors (Lipinski definition) is 4. The molecule has 3 saturated heterocycles. The van der Waals surface area contributed by atoms with Crippen LogP contribution in [-0.4, -0.2) is 61.2 Å². The van der Waals surface area contributed by atoms with Gasteiger partial charge in [0.25, 0.3) is 0 Å². The Morgan fingerprint density at radius 2 is 2.00 bits per heavy atom. The maximum atomic E-state index is 13.1. The number of rotatable bonds is 4. The molecule has 5 fully saturated rings. The Labute approximate surface area is 173 Å². The highest BCUT2D eigenvalue weighted by Crippen LogP contribution is 2.70. The molecule has 154 valence electrons. The fourth-order valence-electron chi connectivity index (χ4n) is 6.26. The SMILES string of the molecule is CCOc1ccc(N2CC3CC4(C[C@@H]24)C3N(C)C(=O)N2CCC(C#N)CC2)cc1. The van der Waals surface area contributed by atoms with Crippen LogP contribution in [0.5, 0.6) is 5.75 Å². The van der Waals surface area contributed by atoms with Gasteiger partial charge in [0.2, 0.25) is 0 Å². The molecule has 1 aromatic carbocycles. The highest BCUT2D eigenvalue weighted by atomic mass is 16.5. The minimum absolute atomic E-state index is 0.113. The molecular formula is C23H30N4O2. The quantitative estimate of drug-likeness (QED) is 0.786. The summed E-state index contributed by atoms with van der Waals surface area (Å²) < 4.78 is 5.58. The number of ether oxygens (including phenoxy) is 1. The zero-order valence-corrected chi connectivity index (χ0v) is 17.4. The molecule has 0 radical (unpaired) electrons. The number of hydrogen-bond donors (Lipinski definition) is 0. The Morgan fingerprint density at radius 3 is 2.66 bits per heavy atom. The number of benzene rings is 1. The van der Waals surface area contributed by atoms with E-state index in [9.17, 15) is 4.79 Å². The van der Waals surface area contributed by atoms with Gasteiger partial charge >= 0.3 is 6.03 Å². The normalized spacial score (nSPS) is 32.7. The van der Waals surface area contributed by atoms with E-state index in [1.54, 1.807) is 0 Å². The number of urea groups is 1. The molecule has 3 unspecified atom stereocenters. The monoisotopic (exact) mass is 394 g/mol. The maximum Gasteiger partial charge on any atom is 0.320 e. The van der Waals surface area contributed by atoms with Gasteiger partial charge in [-0.25, -0.2) is 4.79 Å². The molecule has 6 heteroatoms. The lowest BCUT2D eigenvalue weighted by Gasteiger charge is -2.57. The summed E-state index contributed by atoms with van der Waals surface area (Å²) in [7, 11) is 2.00. The fourth-order valence-corrected chi connectivity index (χ4v) is 6.26. The van der Waals surface area contributed by atoms with Crippen LogP contribution in [0, 0.1) is 28.6 Å². The summed E-state index contributed by atoms with van der Waals surface area (Å²) in [6.07, 6.45) is 4.06. The van der Waals surface area contributed by atoms with Crippen molar-refractivity contribution in [1.29, 1.82) is 5.26 Å². The van der Waals surface area contributed by atoms with E-state index in [0.717, 1.165) is 25.1 Å². The van der Waals surface area contributed by atoms with Gasteiger partial charge in [-0.15, -0.1) is 0 Å². The van der Waals surface area contributed by atoms with E-state index >= 15 is 0 Å². The average molecular weight is 395 g/mol. The summed E-state index contributed by atoms with van der Waals surface area (Å²) in [4.78, 5) is 19.7. The second kappa shape index (κ2) is 6.83. The van der Waals surface area contributed by atoms with E-state index in [4.69, 9.17) is 10.00 Å². The molecule has 3 aliphatic heterocycles. The predicted molar refractivity (Wildman–Crippen MR) is 111 cm³/mol. The zero-order valence-electron chi connectivity index (χ0n) is 17.4. The van der Waals surface area contributed by atoms with Gasteiger partial charge in [0, 0.05) is 55.8 Å². The molecule has 2 bridgehead atoms. The summed E-state index contributed by atoms with van der Waals surface area (Å²) >= 11 is 0. The van der Waals surface area contributed by atoms with Gasteiger partial charge < -0.3 is 19.4 Å². The lowest BCUT2D eigenvalue weighted by atomic mass is 9.63.